The normalized spacial score (nSPS) is 23.2. The van der Waals surface area contributed by atoms with Crippen LogP contribution in [0.5, 0.6) is 0 Å². The predicted molar refractivity (Wildman–Crippen MR) is 74.1 cm³/mol. The molecule has 0 radical (unpaired) electrons. The average molecular weight is 267 g/mol. The Morgan fingerprint density at radius 3 is 2.79 bits per heavy atom. The van der Waals surface area contributed by atoms with Crippen LogP contribution < -0.4 is 5.32 Å². The molecule has 1 aromatic rings. The highest BCUT2D eigenvalue weighted by Crippen LogP contribution is 2.40. The summed E-state index contributed by atoms with van der Waals surface area (Å²) >= 11 is 0. The first kappa shape index (κ1) is 14.4. The Kier molecular flexibility index (Phi) is 4.92. The number of benzene rings is 1. The lowest BCUT2D eigenvalue weighted by Gasteiger charge is -2.21. The molecule has 0 aromatic heterocycles. The van der Waals surface area contributed by atoms with Gasteiger partial charge in [-0.25, -0.2) is 8.78 Å². The maximum atomic E-state index is 13.9. The zero-order chi connectivity index (χ0) is 13.8. The van der Waals surface area contributed by atoms with Crippen molar-refractivity contribution < 1.29 is 8.78 Å². The second-order valence-corrected chi connectivity index (χ2v) is 5.99. The first-order chi connectivity index (χ1) is 9.09. The SMILES string of the molecule is CC(C)CNCC1CCCC1c1cccc(F)c1F. The highest BCUT2D eigenvalue weighted by atomic mass is 19.2. The largest absolute Gasteiger partial charge is 0.316 e. The van der Waals surface area contributed by atoms with Crippen molar-refractivity contribution in [3.63, 3.8) is 0 Å². The third-order valence-corrected chi connectivity index (χ3v) is 4.00. The first-order valence-corrected chi connectivity index (χ1v) is 7.24. The molecular weight excluding hydrogens is 244 g/mol. The molecule has 0 aliphatic heterocycles. The summed E-state index contributed by atoms with van der Waals surface area (Å²) in [5.74, 6) is -0.169. The lowest BCUT2D eigenvalue weighted by Crippen LogP contribution is -2.28. The van der Waals surface area contributed by atoms with Crippen LogP contribution in [0.4, 0.5) is 8.78 Å². The molecule has 0 spiro atoms. The molecule has 1 aromatic carbocycles. The van der Waals surface area contributed by atoms with Crippen molar-refractivity contribution >= 4 is 0 Å². The van der Waals surface area contributed by atoms with Crippen LogP contribution in [-0.4, -0.2) is 13.1 Å². The molecule has 0 bridgehead atoms. The molecule has 3 heteroatoms. The standard InChI is InChI=1S/C16H23F2N/c1-11(2)9-19-10-12-5-3-6-13(12)14-7-4-8-15(17)16(14)18/h4,7-8,11-13,19H,3,5-6,9-10H2,1-2H3. The fourth-order valence-corrected chi connectivity index (χ4v) is 3.05. The van der Waals surface area contributed by atoms with Crippen LogP contribution >= 0.6 is 0 Å². The molecule has 1 nitrogen and oxygen atoms in total. The molecule has 1 aliphatic carbocycles. The van der Waals surface area contributed by atoms with Gasteiger partial charge in [0.15, 0.2) is 11.6 Å². The molecule has 1 fully saturated rings. The maximum Gasteiger partial charge on any atom is 0.162 e. The van der Waals surface area contributed by atoms with Crippen LogP contribution in [0.3, 0.4) is 0 Å². The van der Waals surface area contributed by atoms with E-state index >= 15 is 0 Å². The van der Waals surface area contributed by atoms with Gasteiger partial charge in [0.25, 0.3) is 0 Å². The highest BCUT2D eigenvalue weighted by molar-refractivity contribution is 5.24. The van der Waals surface area contributed by atoms with Crippen LogP contribution in [0.15, 0.2) is 18.2 Å². The Morgan fingerprint density at radius 2 is 2.05 bits per heavy atom. The number of rotatable bonds is 5. The summed E-state index contributed by atoms with van der Waals surface area (Å²) in [6, 6.07) is 4.55. The smallest absolute Gasteiger partial charge is 0.162 e. The molecule has 19 heavy (non-hydrogen) atoms. The van der Waals surface area contributed by atoms with Crippen molar-refractivity contribution in [1.82, 2.24) is 5.32 Å². The van der Waals surface area contributed by atoms with Gasteiger partial charge < -0.3 is 5.32 Å². The quantitative estimate of drug-likeness (QED) is 0.847. The van der Waals surface area contributed by atoms with E-state index in [4.69, 9.17) is 0 Å². The average Bonchev–Trinajstić information content (AvgIpc) is 2.80. The lowest BCUT2D eigenvalue weighted by molar-refractivity contribution is 0.408. The molecular formula is C16H23F2N. The van der Waals surface area contributed by atoms with Gasteiger partial charge in [-0.1, -0.05) is 32.4 Å². The van der Waals surface area contributed by atoms with Gasteiger partial charge >= 0.3 is 0 Å². The summed E-state index contributed by atoms with van der Waals surface area (Å²) in [6.45, 7) is 6.23. The van der Waals surface area contributed by atoms with E-state index in [0.717, 1.165) is 32.4 Å². The summed E-state index contributed by atoms with van der Waals surface area (Å²) in [5.41, 5.74) is 0.564. The highest BCUT2D eigenvalue weighted by Gasteiger charge is 2.30. The van der Waals surface area contributed by atoms with Crippen LogP contribution in [0.25, 0.3) is 0 Å². The van der Waals surface area contributed by atoms with E-state index in [1.54, 1.807) is 12.1 Å². The van der Waals surface area contributed by atoms with E-state index in [1.165, 1.54) is 6.07 Å². The van der Waals surface area contributed by atoms with Crippen molar-refractivity contribution in [2.24, 2.45) is 11.8 Å². The predicted octanol–water partition coefficient (Wildman–Crippen LogP) is 4.09. The van der Waals surface area contributed by atoms with Gasteiger partial charge in [0.2, 0.25) is 0 Å². The van der Waals surface area contributed by atoms with E-state index in [1.807, 2.05) is 0 Å². The van der Waals surface area contributed by atoms with E-state index in [-0.39, 0.29) is 5.92 Å². The maximum absolute atomic E-state index is 13.9. The van der Waals surface area contributed by atoms with Crippen LogP contribution in [-0.2, 0) is 0 Å². The Bertz CT molecular complexity index is 417. The molecule has 106 valence electrons. The van der Waals surface area contributed by atoms with E-state index < -0.39 is 11.6 Å². The second kappa shape index (κ2) is 6.47. The molecule has 0 heterocycles. The van der Waals surface area contributed by atoms with Gasteiger partial charge in [-0.3, -0.25) is 0 Å². The van der Waals surface area contributed by atoms with E-state index in [2.05, 4.69) is 19.2 Å². The van der Waals surface area contributed by atoms with E-state index in [9.17, 15) is 8.78 Å². The fourth-order valence-electron chi connectivity index (χ4n) is 3.05. The summed E-state index contributed by atoms with van der Waals surface area (Å²) in [6.07, 6.45) is 3.18. The Labute approximate surface area is 114 Å². The summed E-state index contributed by atoms with van der Waals surface area (Å²) in [5, 5.41) is 3.44. The molecule has 1 N–H and O–H groups in total. The first-order valence-electron chi connectivity index (χ1n) is 7.24. The molecule has 0 saturated heterocycles. The Hall–Kier alpha value is -0.960. The summed E-state index contributed by atoms with van der Waals surface area (Å²) < 4.78 is 27.2. The minimum Gasteiger partial charge on any atom is -0.316 e. The van der Waals surface area contributed by atoms with Gasteiger partial charge in [0.05, 0.1) is 0 Å². The van der Waals surface area contributed by atoms with Crippen molar-refractivity contribution in [2.75, 3.05) is 13.1 Å². The molecule has 1 aliphatic rings. The second-order valence-electron chi connectivity index (χ2n) is 5.99. The van der Waals surface area contributed by atoms with E-state index in [0.29, 0.717) is 17.4 Å². The van der Waals surface area contributed by atoms with Crippen molar-refractivity contribution in [1.29, 1.82) is 0 Å². The minimum atomic E-state index is -0.724. The lowest BCUT2D eigenvalue weighted by atomic mass is 9.88. The zero-order valence-corrected chi connectivity index (χ0v) is 11.8. The van der Waals surface area contributed by atoms with Crippen molar-refractivity contribution in [2.45, 2.75) is 39.0 Å². The summed E-state index contributed by atoms with van der Waals surface area (Å²) in [7, 11) is 0. The van der Waals surface area contributed by atoms with Crippen molar-refractivity contribution in [3.8, 4) is 0 Å². The van der Waals surface area contributed by atoms with Crippen LogP contribution in [0.1, 0.15) is 44.6 Å². The van der Waals surface area contributed by atoms with Gasteiger partial charge in [-0.05, 0) is 55.3 Å². The topological polar surface area (TPSA) is 12.0 Å². The molecule has 0 amide bonds. The Morgan fingerprint density at radius 1 is 1.26 bits per heavy atom. The van der Waals surface area contributed by atoms with Gasteiger partial charge in [-0.2, -0.15) is 0 Å². The van der Waals surface area contributed by atoms with Crippen LogP contribution in [0.2, 0.25) is 0 Å². The summed E-state index contributed by atoms with van der Waals surface area (Å²) in [4.78, 5) is 0. The minimum absolute atomic E-state index is 0.162. The molecule has 2 unspecified atom stereocenters. The molecule has 2 rings (SSSR count). The number of nitrogens with one attached hydrogen (secondary N) is 1. The number of halogens is 2. The van der Waals surface area contributed by atoms with Crippen LogP contribution in [0, 0.1) is 23.5 Å². The molecule has 2 atom stereocenters. The monoisotopic (exact) mass is 267 g/mol. The van der Waals surface area contributed by atoms with Gasteiger partial charge in [0, 0.05) is 0 Å². The fraction of sp³-hybridized carbons (Fsp3) is 0.625. The Balaban J connectivity index is 2.04. The van der Waals surface area contributed by atoms with Gasteiger partial charge in [-0.15, -0.1) is 0 Å². The van der Waals surface area contributed by atoms with Gasteiger partial charge in [0.1, 0.15) is 0 Å². The molecule has 1 saturated carbocycles. The van der Waals surface area contributed by atoms with Crippen molar-refractivity contribution in [3.05, 3.63) is 35.4 Å². The zero-order valence-electron chi connectivity index (χ0n) is 11.8. The number of hydrogen-bond donors (Lipinski definition) is 1. The third kappa shape index (κ3) is 3.53. The number of hydrogen-bond acceptors (Lipinski definition) is 1. The third-order valence-electron chi connectivity index (χ3n) is 4.00.